The molecule has 0 saturated heterocycles. The van der Waals surface area contributed by atoms with Gasteiger partial charge in [-0.15, -0.1) is 5.10 Å². The number of fused-ring (bicyclic) bond motifs is 1. The lowest BCUT2D eigenvalue weighted by molar-refractivity contribution is -0.159. The van der Waals surface area contributed by atoms with Crippen LogP contribution in [0.4, 0.5) is 23.5 Å². The number of hydrogen-bond acceptors (Lipinski definition) is 6. The number of hydrogen-bond donors (Lipinski definition) is 1. The lowest BCUT2D eigenvalue weighted by Crippen LogP contribution is -2.28. The highest BCUT2D eigenvalue weighted by Gasteiger charge is 2.43. The van der Waals surface area contributed by atoms with Crippen molar-refractivity contribution in [1.82, 2.24) is 34.3 Å². The van der Waals surface area contributed by atoms with Gasteiger partial charge in [0.25, 0.3) is 0 Å². The van der Waals surface area contributed by atoms with Crippen LogP contribution in [0.2, 0.25) is 0 Å². The van der Waals surface area contributed by atoms with E-state index >= 15 is 0 Å². The number of nitrogens with two attached hydrogens (primary N) is 1. The van der Waals surface area contributed by atoms with Crippen molar-refractivity contribution in [2.75, 3.05) is 5.73 Å². The zero-order chi connectivity index (χ0) is 23.2. The Morgan fingerprint density at radius 2 is 1.76 bits per heavy atom. The van der Waals surface area contributed by atoms with E-state index in [0.29, 0.717) is 28.3 Å². The SMILES string of the molecule is Nc1nc2cc(-c3nccc(-c4cnn([C@H](c5ccc(F)cc5)C(F)(F)F)c4)n3)ccn2n1. The number of pyridine rings is 1. The number of benzene rings is 1. The smallest absolute Gasteiger partial charge is 0.366 e. The van der Waals surface area contributed by atoms with Crippen LogP contribution in [0.5, 0.6) is 0 Å². The van der Waals surface area contributed by atoms with Gasteiger partial charge in [-0.2, -0.15) is 23.3 Å². The van der Waals surface area contributed by atoms with Gasteiger partial charge < -0.3 is 5.73 Å². The van der Waals surface area contributed by atoms with Gasteiger partial charge in [-0.25, -0.2) is 18.9 Å². The van der Waals surface area contributed by atoms with Crippen LogP contribution in [-0.4, -0.2) is 40.5 Å². The number of nitrogens with zero attached hydrogens (tertiary/aromatic N) is 7. The first kappa shape index (κ1) is 20.5. The molecule has 0 aliphatic carbocycles. The van der Waals surface area contributed by atoms with Gasteiger partial charge in [0.1, 0.15) is 5.82 Å². The molecule has 166 valence electrons. The van der Waals surface area contributed by atoms with E-state index in [9.17, 15) is 17.6 Å². The summed E-state index contributed by atoms with van der Waals surface area (Å²) < 4.78 is 56.9. The molecule has 0 saturated carbocycles. The number of nitrogen functional groups attached to an aromatic ring is 1. The fourth-order valence-corrected chi connectivity index (χ4v) is 3.44. The minimum Gasteiger partial charge on any atom is -0.366 e. The Bertz CT molecular complexity index is 1440. The van der Waals surface area contributed by atoms with Crippen molar-refractivity contribution in [2.45, 2.75) is 12.2 Å². The van der Waals surface area contributed by atoms with Crippen molar-refractivity contribution < 1.29 is 17.6 Å². The summed E-state index contributed by atoms with van der Waals surface area (Å²) in [6, 6.07) is 7.05. The van der Waals surface area contributed by atoms with Crippen molar-refractivity contribution in [2.24, 2.45) is 0 Å². The average molecular weight is 454 g/mol. The Morgan fingerprint density at radius 3 is 2.52 bits per heavy atom. The van der Waals surface area contributed by atoms with Gasteiger partial charge in [-0.1, -0.05) is 12.1 Å². The van der Waals surface area contributed by atoms with E-state index in [-0.39, 0.29) is 11.5 Å². The molecule has 8 nitrogen and oxygen atoms in total. The molecule has 0 bridgehead atoms. The molecule has 2 N–H and O–H groups in total. The highest BCUT2D eigenvalue weighted by atomic mass is 19.4. The molecule has 0 amide bonds. The van der Waals surface area contributed by atoms with Crippen LogP contribution in [0.25, 0.3) is 28.3 Å². The Hall–Kier alpha value is -4.35. The minimum atomic E-state index is -4.65. The normalized spacial score (nSPS) is 12.8. The first-order valence-electron chi connectivity index (χ1n) is 9.60. The maximum Gasteiger partial charge on any atom is 0.415 e. The fourth-order valence-electron chi connectivity index (χ4n) is 3.44. The van der Waals surface area contributed by atoms with Crippen LogP contribution in [0.15, 0.2) is 67.3 Å². The van der Waals surface area contributed by atoms with Crippen molar-refractivity contribution in [1.29, 1.82) is 0 Å². The molecule has 0 fully saturated rings. The van der Waals surface area contributed by atoms with Crippen LogP contribution >= 0.6 is 0 Å². The van der Waals surface area contributed by atoms with Crippen LogP contribution in [0.1, 0.15) is 11.6 Å². The molecule has 5 rings (SSSR count). The second-order valence-corrected chi connectivity index (χ2v) is 7.16. The second kappa shape index (κ2) is 7.65. The Morgan fingerprint density at radius 1 is 0.970 bits per heavy atom. The molecule has 0 unspecified atom stereocenters. The monoisotopic (exact) mass is 454 g/mol. The van der Waals surface area contributed by atoms with Crippen LogP contribution < -0.4 is 5.73 Å². The first-order valence-corrected chi connectivity index (χ1v) is 9.60. The standard InChI is InChI=1S/C21H14F4N8/c22-15-3-1-12(2-4-15)18(21(23,24)25)33-11-14(10-28-33)16-5-7-27-19(29-16)13-6-8-32-17(9-13)30-20(26)31-32/h1-11,18H,(H2,26,31)/t18-/m1/s1. The van der Waals surface area contributed by atoms with E-state index < -0.39 is 18.0 Å². The van der Waals surface area contributed by atoms with Crippen molar-refractivity contribution >= 4 is 11.6 Å². The minimum absolute atomic E-state index is 0.120. The summed E-state index contributed by atoms with van der Waals surface area (Å²) in [5.74, 6) is -0.161. The highest BCUT2D eigenvalue weighted by molar-refractivity contribution is 5.65. The summed E-state index contributed by atoms with van der Waals surface area (Å²) >= 11 is 0. The molecule has 0 spiro atoms. The van der Waals surface area contributed by atoms with Crippen molar-refractivity contribution in [3.63, 3.8) is 0 Å². The number of anilines is 1. The molecule has 4 aromatic heterocycles. The number of halogens is 4. The third-order valence-corrected chi connectivity index (χ3v) is 4.93. The van der Waals surface area contributed by atoms with E-state index in [1.807, 2.05) is 0 Å². The van der Waals surface area contributed by atoms with Crippen molar-refractivity contribution in [3.8, 4) is 22.6 Å². The van der Waals surface area contributed by atoms with Crippen LogP contribution in [-0.2, 0) is 0 Å². The van der Waals surface area contributed by atoms with E-state index in [2.05, 4.69) is 25.1 Å². The molecule has 0 radical (unpaired) electrons. The predicted molar refractivity (Wildman–Crippen MR) is 110 cm³/mol. The summed E-state index contributed by atoms with van der Waals surface area (Å²) in [5.41, 5.74) is 7.34. The third-order valence-electron chi connectivity index (χ3n) is 4.93. The van der Waals surface area contributed by atoms with Gasteiger partial charge >= 0.3 is 6.18 Å². The summed E-state index contributed by atoms with van der Waals surface area (Å²) in [6.07, 6.45) is 1.04. The summed E-state index contributed by atoms with van der Waals surface area (Å²) in [7, 11) is 0. The van der Waals surface area contributed by atoms with Crippen molar-refractivity contribution in [3.05, 3.63) is 78.6 Å². The fraction of sp³-hybridized carbons (Fsp3) is 0.0952. The maximum absolute atomic E-state index is 13.8. The molecular weight excluding hydrogens is 440 g/mol. The lowest BCUT2D eigenvalue weighted by atomic mass is 10.1. The molecular formula is C21H14F4N8. The third kappa shape index (κ3) is 3.97. The molecule has 4 heterocycles. The molecule has 1 atom stereocenters. The largest absolute Gasteiger partial charge is 0.415 e. The first-order chi connectivity index (χ1) is 15.8. The molecule has 33 heavy (non-hydrogen) atoms. The molecule has 5 aromatic rings. The summed E-state index contributed by atoms with van der Waals surface area (Å²) in [5, 5.41) is 7.91. The molecule has 12 heteroatoms. The number of alkyl halides is 3. The Balaban J connectivity index is 1.50. The predicted octanol–water partition coefficient (Wildman–Crippen LogP) is 3.92. The Kier molecular flexibility index (Phi) is 4.77. The molecule has 0 aliphatic rings. The van der Waals surface area contributed by atoms with Gasteiger partial charge in [0.2, 0.25) is 5.95 Å². The molecule has 0 aliphatic heterocycles. The second-order valence-electron chi connectivity index (χ2n) is 7.16. The summed E-state index contributed by atoms with van der Waals surface area (Å²) in [6.45, 7) is 0. The average Bonchev–Trinajstić information content (AvgIpc) is 3.40. The van der Waals surface area contributed by atoms with Gasteiger partial charge in [0, 0.05) is 29.7 Å². The quantitative estimate of drug-likeness (QED) is 0.413. The van der Waals surface area contributed by atoms with Crippen LogP contribution in [0.3, 0.4) is 0 Å². The van der Waals surface area contributed by atoms with Gasteiger partial charge in [0.15, 0.2) is 17.5 Å². The maximum atomic E-state index is 13.8. The van der Waals surface area contributed by atoms with E-state index in [0.717, 1.165) is 28.9 Å². The topological polar surface area (TPSA) is 99.8 Å². The highest BCUT2D eigenvalue weighted by Crippen LogP contribution is 2.36. The number of aromatic nitrogens is 7. The Labute approximate surface area is 183 Å². The molecule has 1 aromatic carbocycles. The van der Waals surface area contributed by atoms with Crippen LogP contribution in [0, 0.1) is 5.82 Å². The lowest BCUT2D eigenvalue weighted by Gasteiger charge is -2.21. The van der Waals surface area contributed by atoms with Gasteiger partial charge in [-0.3, -0.25) is 4.68 Å². The van der Waals surface area contributed by atoms with E-state index in [1.54, 1.807) is 24.4 Å². The van der Waals surface area contributed by atoms with E-state index in [4.69, 9.17) is 5.73 Å². The van der Waals surface area contributed by atoms with E-state index in [1.165, 1.54) is 23.1 Å². The number of rotatable bonds is 4. The zero-order valence-corrected chi connectivity index (χ0v) is 16.6. The van der Waals surface area contributed by atoms with Gasteiger partial charge in [-0.05, 0) is 35.9 Å². The summed E-state index contributed by atoms with van der Waals surface area (Å²) in [4.78, 5) is 12.8. The van der Waals surface area contributed by atoms with Gasteiger partial charge in [0.05, 0.1) is 11.9 Å². The zero-order valence-electron chi connectivity index (χ0n) is 16.6.